The number of nitrogens with two attached hydrogens (primary N) is 1. The van der Waals surface area contributed by atoms with E-state index in [4.69, 9.17) is 15.2 Å². The molecule has 2 aromatic rings. The van der Waals surface area contributed by atoms with Crippen LogP contribution in [0.15, 0.2) is 24.4 Å². The molecule has 0 aliphatic rings. The summed E-state index contributed by atoms with van der Waals surface area (Å²) in [5, 5.41) is 0. The molecule has 0 unspecified atom stereocenters. The maximum atomic E-state index is 5.59. The maximum absolute atomic E-state index is 5.59. The summed E-state index contributed by atoms with van der Waals surface area (Å²) in [6, 6.07) is 5.57. The third-order valence-electron chi connectivity index (χ3n) is 2.67. The van der Waals surface area contributed by atoms with Crippen LogP contribution in [0.3, 0.4) is 0 Å². The summed E-state index contributed by atoms with van der Waals surface area (Å²) in [7, 11) is 3.25. The Morgan fingerprint density at radius 3 is 2.44 bits per heavy atom. The number of ether oxygens (including phenoxy) is 2. The van der Waals surface area contributed by atoms with Crippen LogP contribution in [0.1, 0.15) is 5.56 Å². The minimum atomic E-state index is 0.231. The molecule has 0 bridgehead atoms. The fraction of sp³-hybridized carbons (Fsp3) is 0.231. The first kappa shape index (κ1) is 12.2. The lowest BCUT2D eigenvalue weighted by Crippen LogP contribution is -1.98. The van der Waals surface area contributed by atoms with Gasteiger partial charge in [0.25, 0.3) is 0 Å². The lowest BCUT2D eigenvalue weighted by Gasteiger charge is -2.12. The van der Waals surface area contributed by atoms with E-state index in [9.17, 15) is 0 Å². The first-order valence-corrected chi connectivity index (χ1v) is 5.47. The normalized spacial score (nSPS) is 10.2. The molecule has 0 aliphatic heterocycles. The first-order chi connectivity index (χ1) is 8.65. The van der Waals surface area contributed by atoms with E-state index < -0.39 is 0 Å². The molecule has 0 spiro atoms. The minimum absolute atomic E-state index is 0.231. The van der Waals surface area contributed by atoms with Crippen molar-refractivity contribution in [1.82, 2.24) is 9.97 Å². The molecule has 18 heavy (non-hydrogen) atoms. The molecular weight excluding hydrogens is 230 g/mol. The van der Waals surface area contributed by atoms with Gasteiger partial charge >= 0.3 is 0 Å². The van der Waals surface area contributed by atoms with Gasteiger partial charge in [-0.2, -0.15) is 0 Å². The third-order valence-corrected chi connectivity index (χ3v) is 2.67. The molecule has 2 rings (SSSR count). The fourth-order valence-corrected chi connectivity index (χ4v) is 1.77. The second-order valence-corrected chi connectivity index (χ2v) is 3.82. The summed E-state index contributed by atoms with van der Waals surface area (Å²) in [5.41, 5.74) is 8.13. The summed E-state index contributed by atoms with van der Waals surface area (Å²) in [6.07, 6.45) is 1.61. The SMILES string of the molecule is COc1cc(-c2ccnc(N)n2)c(OC)cc1C. The van der Waals surface area contributed by atoms with Crippen molar-refractivity contribution in [3.63, 3.8) is 0 Å². The molecule has 5 nitrogen and oxygen atoms in total. The van der Waals surface area contributed by atoms with Gasteiger partial charge in [0.1, 0.15) is 11.5 Å². The van der Waals surface area contributed by atoms with Crippen molar-refractivity contribution < 1.29 is 9.47 Å². The predicted molar refractivity (Wildman–Crippen MR) is 69.7 cm³/mol. The van der Waals surface area contributed by atoms with Crippen LogP contribution >= 0.6 is 0 Å². The molecule has 0 amide bonds. The van der Waals surface area contributed by atoms with Gasteiger partial charge in [-0.25, -0.2) is 9.97 Å². The zero-order valence-electron chi connectivity index (χ0n) is 10.6. The van der Waals surface area contributed by atoms with Crippen LogP contribution < -0.4 is 15.2 Å². The summed E-state index contributed by atoms with van der Waals surface area (Å²) >= 11 is 0. The number of nitrogens with zero attached hydrogens (tertiary/aromatic N) is 2. The van der Waals surface area contributed by atoms with E-state index in [-0.39, 0.29) is 5.95 Å². The van der Waals surface area contributed by atoms with E-state index in [1.807, 2.05) is 19.1 Å². The van der Waals surface area contributed by atoms with Gasteiger partial charge in [0, 0.05) is 11.8 Å². The van der Waals surface area contributed by atoms with Gasteiger partial charge in [-0.15, -0.1) is 0 Å². The molecule has 1 heterocycles. The van der Waals surface area contributed by atoms with Crippen LogP contribution in [0.2, 0.25) is 0 Å². The van der Waals surface area contributed by atoms with Gasteiger partial charge in [-0.3, -0.25) is 0 Å². The zero-order valence-corrected chi connectivity index (χ0v) is 10.6. The van der Waals surface area contributed by atoms with Crippen LogP contribution in [-0.4, -0.2) is 24.2 Å². The van der Waals surface area contributed by atoms with Gasteiger partial charge in [0.2, 0.25) is 5.95 Å². The molecule has 0 aliphatic carbocycles. The average Bonchev–Trinajstić information content (AvgIpc) is 2.38. The number of methoxy groups -OCH3 is 2. The van der Waals surface area contributed by atoms with Crippen molar-refractivity contribution in [1.29, 1.82) is 0 Å². The summed E-state index contributed by atoms with van der Waals surface area (Å²) < 4.78 is 10.7. The highest BCUT2D eigenvalue weighted by molar-refractivity contribution is 5.70. The van der Waals surface area contributed by atoms with Crippen molar-refractivity contribution in [2.75, 3.05) is 20.0 Å². The lowest BCUT2D eigenvalue weighted by atomic mass is 10.1. The van der Waals surface area contributed by atoms with Crippen molar-refractivity contribution >= 4 is 5.95 Å². The molecule has 2 N–H and O–H groups in total. The van der Waals surface area contributed by atoms with Crippen molar-refractivity contribution in [2.45, 2.75) is 6.92 Å². The molecule has 1 aromatic carbocycles. The number of hydrogen-bond acceptors (Lipinski definition) is 5. The minimum Gasteiger partial charge on any atom is -0.496 e. The lowest BCUT2D eigenvalue weighted by molar-refractivity contribution is 0.401. The Balaban J connectivity index is 2.61. The van der Waals surface area contributed by atoms with Crippen molar-refractivity contribution in [2.24, 2.45) is 0 Å². The third kappa shape index (κ3) is 2.20. The number of rotatable bonds is 3. The summed E-state index contributed by atoms with van der Waals surface area (Å²) in [6.45, 7) is 1.96. The largest absolute Gasteiger partial charge is 0.496 e. The molecule has 0 radical (unpaired) electrons. The van der Waals surface area contributed by atoms with Crippen LogP contribution in [0.4, 0.5) is 5.95 Å². The predicted octanol–water partition coefficient (Wildman–Crippen LogP) is 2.05. The Morgan fingerprint density at radius 1 is 1.11 bits per heavy atom. The number of benzene rings is 1. The maximum Gasteiger partial charge on any atom is 0.220 e. The summed E-state index contributed by atoms with van der Waals surface area (Å²) in [4.78, 5) is 8.06. The van der Waals surface area contributed by atoms with Gasteiger partial charge in [0.15, 0.2) is 0 Å². The second-order valence-electron chi connectivity index (χ2n) is 3.82. The topological polar surface area (TPSA) is 70.3 Å². The van der Waals surface area contributed by atoms with Crippen molar-refractivity contribution in [3.8, 4) is 22.8 Å². The highest BCUT2D eigenvalue weighted by Crippen LogP contribution is 2.34. The molecule has 0 saturated heterocycles. The monoisotopic (exact) mass is 245 g/mol. The molecule has 5 heteroatoms. The molecule has 94 valence electrons. The van der Waals surface area contributed by atoms with E-state index in [1.165, 1.54) is 0 Å². The van der Waals surface area contributed by atoms with Gasteiger partial charge in [0.05, 0.1) is 19.9 Å². The highest BCUT2D eigenvalue weighted by Gasteiger charge is 2.12. The fourth-order valence-electron chi connectivity index (χ4n) is 1.77. The molecule has 0 atom stereocenters. The van der Waals surface area contributed by atoms with Crippen molar-refractivity contribution in [3.05, 3.63) is 30.0 Å². The Hall–Kier alpha value is -2.30. The van der Waals surface area contributed by atoms with Crippen LogP contribution in [0, 0.1) is 6.92 Å². The van der Waals surface area contributed by atoms with Crippen LogP contribution in [0.25, 0.3) is 11.3 Å². The molecule has 0 fully saturated rings. The smallest absolute Gasteiger partial charge is 0.220 e. The number of nitrogen functional groups attached to an aromatic ring is 1. The summed E-state index contributed by atoms with van der Waals surface area (Å²) in [5.74, 6) is 1.74. The number of aromatic nitrogens is 2. The Kier molecular flexibility index (Phi) is 3.32. The van der Waals surface area contributed by atoms with Gasteiger partial charge < -0.3 is 15.2 Å². The molecule has 1 aromatic heterocycles. The van der Waals surface area contributed by atoms with E-state index in [0.29, 0.717) is 5.69 Å². The van der Waals surface area contributed by atoms with E-state index in [0.717, 1.165) is 22.6 Å². The molecule has 0 saturated carbocycles. The quantitative estimate of drug-likeness (QED) is 0.896. The van der Waals surface area contributed by atoms with Gasteiger partial charge in [-0.1, -0.05) is 0 Å². The zero-order chi connectivity index (χ0) is 13.1. The standard InChI is InChI=1S/C13H15N3O2/c1-8-6-12(18-3)9(7-11(8)17-2)10-4-5-15-13(14)16-10/h4-7H,1-3H3,(H2,14,15,16). The van der Waals surface area contributed by atoms with E-state index in [1.54, 1.807) is 26.5 Å². The highest BCUT2D eigenvalue weighted by atomic mass is 16.5. The number of anilines is 1. The first-order valence-electron chi connectivity index (χ1n) is 5.47. The van der Waals surface area contributed by atoms with Crippen LogP contribution in [0.5, 0.6) is 11.5 Å². The Labute approximate surface area is 106 Å². The second kappa shape index (κ2) is 4.91. The van der Waals surface area contributed by atoms with E-state index >= 15 is 0 Å². The van der Waals surface area contributed by atoms with Gasteiger partial charge in [-0.05, 0) is 30.7 Å². The Morgan fingerprint density at radius 2 is 1.83 bits per heavy atom. The number of aryl methyl sites for hydroxylation is 1. The number of hydrogen-bond donors (Lipinski definition) is 1. The Bertz CT molecular complexity index is 570. The van der Waals surface area contributed by atoms with Crippen LogP contribution in [-0.2, 0) is 0 Å². The van der Waals surface area contributed by atoms with E-state index in [2.05, 4.69) is 9.97 Å². The average molecular weight is 245 g/mol. The molecular formula is C13H15N3O2.